The van der Waals surface area contributed by atoms with Gasteiger partial charge >= 0.3 is 5.97 Å². The summed E-state index contributed by atoms with van der Waals surface area (Å²) in [6.45, 7) is 2.28. The summed E-state index contributed by atoms with van der Waals surface area (Å²) < 4.78 is 15.4. The third-order valence-corrected chi connectivity index (χ3v) is 2.48. The Hall–Kier alpha value is -2.28. The van der Waals surface area contributed by atoms with Crippen molar-refractivity contribution in [3.8, 4) is 11.5 Å². The Balaban J connectivity index is 2.53. The van der Waals surface area contributed by atoms with E-state index in [0.29, 0.717) is 23.7 Å². The van der Waals surface area contributed by atoms with Gasteiger partial charge in [-0.05, 0) is 25.1 Å². The van der Waals surface area contributed by atoms with Gasteiger partial charge in [0, 0.05) is 12.1 Å². The zero-order valence-corrected chi connectivity index (χ0v) is 12.0. The summed E-state index contributed by atoms with van der Waals surface area (Å²) in [7, 11) is 1.53. The maximum Gasteiger partial charge on any atom is 0.329 e. The topological polar surface area (TPSA) is 94.1 Å². The van der Waals surface area contributed by atoms with Crippen molar-refractivity contribution < 1.29 is 28.9 Å². The number of benzene rings is 1. The van der Waals surface area contributed by atoms with Crippen LogP contribution >= 0.6 is 0 Å². The second-order valence-corrected chi connectivity index (χ2v) is 4.00. The molecule has 0 atom stereocenters. The number of methoxy groups -OCH3 is 1. The summed E-state index contributed by atoms with van der Waals surface area (Å²) in [4.78, 5) is 22.2. The Labute approximate surface area is 122 Å². The van der Waals surface area contributed by atoms with Crippen LogP contribution < -0.4 is 14.8 Å². The van der Waals surface area contributed by atoms with E-state index in [9.17, 15) is 9.59 Å². The minimum atomic E-state index is -1.04. The smallest absolute Gasteiger partial charge is 0.329 e. The number of nitrogens with one attached hydrogen (secondary N) is 1. The van der Waals surface area contributed by atoms with E-state index in [4.69, 9.17) is 19.3 Å². The average molecular weight is 297 g/mol. The van der Waals surface area contributed by atoms with E-state index >= 15 is 0 Å². The highest BCUT2D eigenvalue weighted by atomic mass is 16.5. The van der Waals surface area contributed by atoms with Crippen LogP contribution in [0.15, 0.2) is 18.2 Å². The number of aliphatic carboxylic acids is 1. The highest BCUT2D eigenvalue weighted by Gasteiger charge is 2.10. The monoisotopic (exact) mass is 297 g/mol. The number of carboxylic acids is 1. The molecule has 0 aliphatic rings. The second-order valence-electron chi connectivity index (χ2n) is 4.00. The van der Waals surface area contributed by atoms with Gasteiger partial charge in [-0.3, -0.25) is 4.79 Å². The summed E-state index contributed by atoms with van der Waals surface area (Å²) in [5.74, 6) is -0.289. The number of carboxylic acid groups (broad SMARTS) is 1. The second kappa shape index (κ2) is 8.80. The number of hydrogen-bond donors (Lipinski definition) is 2. The SMILES string of the molecule is CCOc1cc(C(=O)NCCOCC(=O)O)ccc1OC. The van der Waals surface area contributed by atoms with E-state index in [1.54, 1.807) is 18.2 Å². The molecule has 116 valence electrons. The first-order valence-electron chi connectivity index (χ1n) is 6.47. The third kappa shape index (κ3) is 5.70. The lowest BCUT2D eigenvalue weighted by Gasteiger charge is -2.11. The van der Waals surface area contributed by atoms with E-state index < -0.39 is 5.97 Å². The zero-order chi connectivity index (χ0) is 15.7. The molecule has 7 heteroatoms. The lowest BCUT2D eigenvalue weighted by molar-refractivity contribution is -0.142. The van der Waals surface area contributed by atoms with Gasteiger partial charge in [-0.15, -0.1) is 0 Å². The molecule has 0 bridgehead atoms. The first-order valence-corrected chi connectivity index (χ1v) is 6.47. The molecule has 0 saturated heterocycles. The molecule has 0 heterocycles. The summed E-state index contributed by atoms with van der Waals surface area (Å²) in [5, 5.41) is 11.0. The predicted octanol–water partition coefficient (Wildman–Crippen LogP) is 0.925. The van der Waals surface area contributed by atoms with Crippen molar-refractivity contribution in [3.05, 3.63) is 23.8 Å². The molecule has 1 aromatic rings. The van der Waals surface area contributed by atoms with E-state index in [0.717, 1.165) is 0 Å². The van der Waals surface area contributed by atoms with Crippen LogP contribution in [0, 0.1) is 0 Å². The Kier molecular flexibility index (Phi) is 7.03. The summed E-state index contributed by atoms with van der Waals surface area (Å²) in [5.41, 5.74) is 0.428. The molecule has 21 heavy (non-hydrogen) atoms. The lowest BCUT2D eigenvalue weighted by atomic mass is 10.2. The highest BCUT2D eigenvalue weighted by molar-refractivity contribution is 5.94. The van der Waals surface area contributed by atoms with Gasteiger partial charge in [0.25, 0.3) is 5.91 Å². The van der Waals surface area contributed by atoms with Crippen molar-refractivity contribution in [1.82, 2.24) is 5.32 Å². The third-order valence-electron chi connectivity index (χ3n) is 2.48. The van der Waals surface area contributed by atoms with Crippen molar-refractivity contribution in [1.29, 1.82) is 0 Å². The number of rotatable bonds is 9. The zero-order valence-electron chi connectivity index (χ0n) is 12.0. The van der Waals surface area contributed by atoms with Crippen LogP contribution in [0.5, 0.6) is 11.5 Å². The Morgan fingerprint density at radius 2 is 2.05 bits per heavy atom. The first kappa shape index (κ1) is 16.8. The summed E-state index contributed by atoms with van der Waals surface area (Å²) in [6.07, 6.45) is 0. The van der Waals surface area contributed by atoms with Crippen molar-refractivity contribution in [2.24, 2.45) is 0 Å². The standard InChI is InChI=1S/C14H19NO6/c1-3-21-12-8-10(4-5-11(12)19-2)14(18)15-6-7-20-9-13(16)17/h4-5,8H,3,6-7,9H2,1-2H3,(H,15,18)(H,16,17). The molecule has 7 nitrogen and oxygen atoms in total. The quantitative estimate of drug-likeness (QED) is 0.658. The number of hydrogen-bond acceptors (Lipinski definition) is 5. The molecule has 0 unspecified atom stereocenters. The molecule has 0 aliphatic heterocycles. The highest BCUT2D eigenvalue weighted by Crippen LogP contribution is 2.27. The van der Waals surface area contributed by atoms with Gasteiger partial charge in [-0.25, -0.2) is 4.79 Å². The molecular formula is C14H19NO6. The lowest BCUT2D eigenvalue weighted by Crippen LogP contribution is -2.28. The molecule has 2 N–H and O–H groups in total. The van der Waals surface area contributed by atoms with Crippen LogP contribution in [0.1, 0.15) is 17.3 Å². The fraction of sp³-hybridized carbons (Fsp3) is 0.429. The average Bonchev–Trinajstić information content (AvgIpc) is 2.46. The van der Waals surface area contributed by atoms with Crippen LogP contribution in [-0.4, -0.2) is 50.5 Å². The molecule has 1 amide bonds. The van der Waals surface area contributed by atoms with Gasteiger partial charge in [0.1, 0.15) is 6.61 Å². The molecule has 0 aliphatic carbocycles. The van der Waals surface area contributed by atoms with Crippen LogP contribution in [0.2, 0.25) is 0 Å². The fourth-order valence-electron chi connectivity index (χ4n) is 1.58. The normalized spacial score (nSPS) is 10.0. The Bertz CT molecular complexity index is 488. The fourth-order valence-corrected chi connectivity index (χ4v) is 1.58. The number of carbonyl (C=O) groups excluding carboxylic acids is 1. The molecule has 0 radical (unpaired) electrons. The van der Waals surface area contributed by atoms with Crippen LogP contribution in [0.3, 0.4) is 0 Å². The molecule has 1 aromatic carbocycles. The maximum atomic E-state index is 11.9. The van der Waals surface area contributed by atoms with Crippen LogP contribution in [-0.2, 0) is 9.53 Å². The number of amides is 1. The number of carbonyl (C=O) groups is 2. The van der Waals surface area contributed by atoms with Gasteiger partial charge in [0.05, 0.1) is 20.3 Å². The Morgan fingerprint density at radius 1 is 1.29 bits per heavy atom. The molecule has 0 aromatic heterocycles. The molecule has 1 rings (SSSR count). The molecular weight excluding hydrogens is 278 g/mol. The van der Waals surface area contributed by atoms with Crippen LogP contribution in [0.25, 0.3) is 0 Å². The Morgan fingerprint density at radius 3 is 2.67 bits per heavy atom. The van der Waals surface area contributed by atoms with Crippen molar-refractivity contribution >= 4 is 11.9 Å². The molecule has 0 saturated carbocycles. The van der Waals surface area contributed by atoms with E-state index in [1.165, 1.54) is 7.11 Å². The van der Waals surface area contributed by atoms with Crippen molar-refractivity contribution in [2.45, 2.75) is 6.92 Å². The van der Waals surface area contributed by atoms with Gasteiger partial charge < -0.3 is 24.6 Å². The maximum absolute atomic E-state index is 11.9. The van der Waals surface area contributed by atoms with E-state index in [2.05, 4.69) is 5.32 Å². The van der Waals surface area contributed by atoms with Gasteiger partial charge in [0.15, 0.2) is 11.5 Å². The van der Waals surface area contributed by atoms with E-state index in [1.807, 2.05) is 6.92 Å². The van der Waals surface area contributed by atoms with Crippen LogP contribution in [0.4, 0.5) is 0 Å². The van der Waals surface area contributed by atoms with Crippen molar-refractivity contribution in [2.75, 3.05) is 33.5 Å². The largest absolute Gasteiger partial charge is 0.493 e. The van der Waals surface area contributed by atoms with E-state index in [-0.39, 0.29) is 25.7 Å². The minimum Gasteiger partial charge on any atom is -0.493 e. The van der Waals surface area contributed by atoms with Gasteiger partial charge in [-0.1, -0.05) is 0 Å². The predicted molar refractivity (Wildman–Crippen MR) is 75.0 cm³/mol. The molecule has 0 fully saturated rings. The number of ether oxygens (including phenoxy) is 3. The minimum absolute atomic E-state index is 0.131. The van der Waals surface area contributed by atoms with Gasteiger partial charge in [0.2, 0.25) is 0 Å². The first-order chi connectivity index (χ1) is 10.1. The van der Waals surface area contributed by atoms with Crippen molar-refractivity contribution in [3.63, 3.8) is 0 Å². The summed E-state index contributed by atoms with van der Waals surface area (Å²) >= 11 is 0. The summed E-state index contributed by atoms with van der Waals surface area (Å²) in [6, 6.07) is 4.87. The molecule has 0 spiro atoms. The van der Waals surface area contributed by atoms with Gasteiger partial charge in [-0.2, -0.15) is 0 Å².